The van der Waals surface area contributed by atoms with Gasteiger partial charge in [0.05, 0.1) is 13.5 Å². The van der Waals surface area contributed by atoms with Crippen molar-refractivity contribution >= 4 is 16.8 Å². The highest BCUT2D eigenvalue weighted by Crippen LogP contribution is 2.31. The molecule has 152 valence electrons. The number of piperidine rings is 1. The Bertz CT molecular complexity index is 804. The number of hydrogen-bond acceptors (Lipinski definition) is 4. The van der Waals surface area contributed by atoms with E-state index in [-0.39, 0.29) is 11.4 Å². The van der Waals surface area contributed by atoms with E-state index in [4.69, 9.17) is 9.47 Å². The topological polar surface area (TPSA) is 66.6 Å². The van der Waals surface area contributed by atoms with Crippen LogP contribution in [0.15, 0.2) is 24.4 Å². The number of nitrogens with zero attached hydrogens (tertiary/aromatic N) is 1. The smallest absolute Gasteiger partial charge is 0.224 e. The molecule has 2 aliphatic heterocycles. The first-order chi connectivity index (χ1) is 13.7. The highest BCUT2D eigenvalue weighted by atomic mass is 16.5. The van der Waals surface area contributed by atoms with Crippen molar-refractivity contribution in [2.24, 2.45) is 0 Å². The zero-order valence-corrected chi connectivity index (χ0v) is 16.8. The molecule has 0 atom stereocenters. The molecule has 0 spiro atoms. The van der Waals surface area contributed by atoms with Gasteiger partial charge in [-0.15, -0.1) is 0 Å². The Morgan fingerprint density at radius 1 is 1.25 bits per heavy atom. The van der Waals surface area contributed by atoms with Gasteiger partial charge in [0.25, 0.3) is 0 Å². The van der Waals surface area contributed by atoms with E-state index in [1.54, 1.807) is 7.11 Å². The summed E-state index contributed by atoms with van der Waals surface area (Å²) in [6, 6.07) is 5.90. The van der Waals surface area contributed by atoms with Crippen LogP contribution >= 0.6 is 0 Å². The zero-order chi connectivity index (χ0) is 19.4. The lowest BCUT2D eigenvalue weighted by Gasteiger charge is -2.48. The molecule has 0 unspecified atom stereocenters. The number of fused-ring (bicyclic) bond motifs is 1. The Labute approximate surface area is 166 Å². The van der Waals surface area contributed by atoms with Crippen LogP contribution in [0.5, 0.6) is 5.75 Å². The molecule has 6 nitrogen and oxygen atoms in total. The Morgan fingerprint density at radius 3 is 2.79 bits per heavy atom. The Kier molecular flexibility index (Phi) is 5.87. The van der Waals surface area contributed by atoms with Gasteiger partial charge in [0.15, 0.2) is 0 Å². The predicted molar refractivity (Wildman–Crippen MR) is 110 cm³/mol. The molecular weight excluding hydrogens is 354 g/mol. The van der Waals surface area contributed by atoms with Crippen molar-refractivity contribution in [2.45, 2.75) is 44.1 Å². The molecule has 0 bridgehead atoms. The number of hydrogen-bond donors (Lipinski definition) is 2. The second-order valence-electron chi connectivity index (χ2n) is 8.03. The fourth-order valence-electron chi connectivity index (χ4n) is 4.75. The lowest BCUT2D eigenvalue weighted by Crippen LogP contribution is -2.59. The van der Waals surface area contributed by atoms with Crippen LogP contribution in [-0.4, -0.2) is 61.3 Å². The minimum atomic E-state index is 0.0479. The van der Waals surface area contributed by atoms with Gasteiger partial charge < -0.3 is 19.8 Å². The number of rotatable bonds is 6. The van der Waals surface area contributed by atoms with E-state index in [1.165, 1.54) is 19.3 Å². The zero-order valence-electron chi connectivity index (χ0n) is 16.8. The second kappa shape index (κ2) is 8.53. The molecule has 0 aliphatic carbocycles. The standard InChI is InChI=1S/C22H31N3O3/c1-27-19-7-5-6-18-21(19)17(15-23-18)14-20(26)24-16-22(8-12-28-13-9-22)25-10-3-2-4-11-25/h5-7,15,23H,2-4,8-14,16H2,1H3,(H,24,26). The largest absolute Gasteiger partial charge is 0.496 e. The van der Waals surface area contributed by atoms with Crippen molar-refractivity contribution in [1.29, 1.82) is 0 Å². The van der Waals surface area contributed by atoms with Gasteiger partial charge in [-0.1, -0.05) is 12.5 Å². The average Bonchev–Trinajstić information content (AvgIpc) is 3.16. The normalized spacial score (nSPS) is 20.2. The molecule has 2 fully saturated rings. The molecular formula is C22H31N3O3. The quantitative estimate of drug-likeness (QED) is 0.802. The molecule has 2 aromatic rings. The molecule has 1 aromatic heterocycles. The summed E-state index contributed by atoms with van der Waals surface area (Å²) in [5, 5.41) is 4.24. The second-order valence-corrected chi connectivity index (χ2v) is 8.03. The molecule has 6 heteroatoms. The molecule has 0 saturated carbocycles. The third-order valence-electron chi connectivity index (χ3n) is 6.39. The van der Waals surface area contributed by atoms with Gasteiger partial charge in [0.2, 0.25) is 5.91 Å². The van der Waals surface area contributed by atoms with E-state index < -0.39 is 0 Å². The maximum Gasteiger partial charge on any atom is 0.224 e. The van der Waals surface area contributed by atoms with Crippen LogP contribution < -0.4 is 10.1 Å². The summed E-state index contributed by atoms with van der Waals surface area (Å²) in [6.07, 6.45) is 8.09. The van der Waals surface area contributed by atoms with E-state index in [0.717, 1.165) is 61.4 Å². The van der Waals surface area contributed by atoms with Gasteiger partial charge in [0.1, 0.15) is 5.75 Å². The lowest BCUT2D eigenvalue weighted by atomic mass is 9.86. The van der Waals surface area contributed by atoms with Gasteiger partial charge in [-0.05, 0) is 56.5 Å². The van der Waals surface area contributed by atoms with Crippen LogP contribution in [0.4, 0.5) is 0 Å². The van der Waals surface area contributed by atoms with Crippen molar-refractivity contribution in [2.75, 3.05) is 40.0 Å². The number of likely N-dealkylation sites (tertiary alicyclic amines) is 1. The lowest BCUT2D eigenvalue weighted by molar-refractivity contribution is -0.122. The molecule has 28 heavy (non-hydrogen) atoms. The number of carbonyl (C=O) groups excluding carboxylic acids is 1. The molecule has 2 N–H and O–H groups in total. The molecule has 3 heterocycles. The maximum absolute atomic E-state index is 12.8. The minimum Gasteiger partial charge on any atom is -0.496 e. The first-order valence-corrected chi connectivity index (χ1v) is 10.4. The number of ether oxygens (including phenoxy) is 2. The van der Waals surface area contributed by atoms with Gasteiger partial charge in [-0.3, -0.25) is 9.69 Å². The minimum absolute atomic E-state index is 0.0479. The van der Waals surface area contributed by atoms with Crippen molar-refractivity contribution < 1.29 is 14.3 Å². The average molecular weight is 386 g/mol. The molecule has 1 aromatic carbocycles. The van der Waals surface area contributed by atoms with E-state index >= 15 is 0 Å². The predicted octanol–water partition coefficient (Wildman–Crippen LogP) is 2.87. The van der Waals surface area contributed by atoms with Crippen LogP contribution in [-0.2, 0) is 16.0 Å². The van der Waals surface area contributed by atoms with Crippen molar-refractivity contribution in [3.8, 4) is 5.75 Å². The number of amides is 1. The highest BCUT2D eigenvalue weighted by molar-refractivity contribution is 5.93. The summed E-state index contributed by atoms with van der Waals surface area (Å²) in [4.78, 5) is 18.7. The Morgan fingerprint density at radius 2 is 2.04 bits per heavy atom. The first kappa shape index (κ1) is 19.3. The van der Waals surface area contributed by atoms with E-state index in [0.29, 0.717) is 13.0 Å². The summed E-state index contributed by atoms with van der Waals surface area (Å²) in [6.45, 7) is 4.54. The summed E-state index contributed by atoms with van der Waals surface area (Å²) in [5.74, 6) is 0.866. The molecule has 0 radical (unpaired) electrons. The molecule has 2 saturated heterocycles. The molecule has 4 rings (SSSR count). The Balaban J connectivity index is 1.44. The number of benzene rings is 1. The number of nitrogens with one attached hydrogen (secondary N) is 2. The van der Waals surface area contributed by atoms with Crippen LogP contribution in [0.3, 0.4) is 0 Å². The van der Waals surface area contributed by atoms with Crippen LogP contribution in [0, 0.1) is 0 Å². The van der Waals surface area contributed by atoms with E-state index in [2.05, 4.69) is 15.2 Å². The third-order valence-corrected chi connectivity index (χ3v) is 6.39. The molecule has 1 amide bonds. The maximum atomic E-state index is 12.8. The SMILES string of the molecule is COc1cccc2[nH]cc(CC(=O)NCC3(N4CCCCC4)CCOCC3)c12. The summed E-state index contributed by atoms with van der Waals surface area (Å²) in [7, 11) is 1.67. The fraction of sp³-hybridized carbons (Fsp3) is 0.591. The van der Waals surface area contributed by atoms with Crippen LogP contribution in [0.2, 0.25) is 0 Å². The number of methoxy groups -OCH3 is 1. The number of aromatic nitrogens is 1. The van der Waals surface area contributed by atoms with Gasteiger partial charge in [0, 0.05) is 42.4 Å². The van der Waals surface area contributed by atoms with Crippen molar-refractivity contribution in [3.05, 3.63) is 30.0 Å². The fourth-order valence-corrected chi connectivity index (χ4v) is 4.75. The Hall–Kier alpha value is -2.05. The third kappa shape index (κ3) is 3.89. The number of H-pyrrole nitrogens is 1. The van der Waals surface area contributed by atoms with Gasteiger partial charge in [-0.25, -0.2) is 0 Å². The summed E-state index contributed by atoms with van der Waals surface area (Å²) in [5.41, 5.74) is 2.02. The number of carbonyl (C=O) groups is 1. The van der Waals surface area contributed by atoms with Crippen LogP contribution in [0.1, 0.15) is 37.7 Å². The van der Waals surface area contributed by atoms with E-state index in [1.807, 2.05) is 24.4 Å². The first-order valence-electron chi connectivity index (χ1n) is 10.4. The van der Waals surface area contributed by atoms with Crippen LogP contribution in [0.25, 0.3) is 10.9 Å². The number of aromatic amines is 1. The molecule has 2 aliphatic rings. The van der Waals surface area contributed by atoms with Crippen molar-refractivity contribution in [1.82, 2.24) is 15.2 Å². The van der Waals surface area contributed by atoms with E-state index in [9.17, 15) is 4.79 Å². The summed E-state index contributed by atoms with van der Waals surface area (Å²) < 4.78 is 11.1. The van der Waals surface area contributed by atoms with Gasteiger partial charge in [-0.2, -0.15) is 0 Å². The highest BCUT2D eigenvalue weighted by Gasteiger charge is 2.39. The monoisotopic (exact) mass is 385 g/mol. The summed E-state index contributed by atoms with van der Waals surface area (Å²) >= 11 is 0. The van der Waals surface area contributed by atoms with Gasteiger partial charge >= 0.3 is 0 Å². The van der Waals surface area contributed by atoms with Crippen molar-refractivity contribution in [3.63, 3.8) is 0 Å².